The van der Waals surface area contributed by atoms with Crippen molar-refractivity contribution in [3.05, 3.63) is 118 Å². The van der Waals surface area contributed by atoms with Crippen LogP contribution in [0.2, 0.25) is 0 Å². The number of nitrogen functional groups attached to an aromatic ring is 1. The fourth-order valence-electron chi connectivity index (χ4n) is 4.20. The monoisotopic (exact) mass is 350 g/mol. The van der Waals surface area contributed by atoms with Crippen molar-refractivity contribution in [2.45, 2.75) is 5.92 Å². The van der Waals surface area contributed by atoms with Crippen LogP contribution in [0, 0.1) is 0 Å². The maximum Gasteiger partial charge on any atom is 0.190 e. The van der Waals surface area contributed by atoms with Gasteiger partial charge in [-0.2, -0.15) is 0 Å². The molecule has 1 aliphatic carbocycles. The summed E-state index contributed by atoms with van der Waals surface area (Å²) in [5.74, 6) is 6.35. The topological polar surface area (TPSA) is 48.0 Å². The first-order valence-electron chi connectivity index (χ1n) is 9.00. The van der Waals surface area contributed by atoms with E-state index in [2.05, 4.69) is 42.5 Å². The minimum atomic E-state index is -0.0114. The van der Waals surface area contributed by atoms with Crippen molar-refractivity contribution in [1.82, 2.24) is 4.68 Å². The van der Waals surface area contributed by atoms with E-state index < -0.39 is 0 Å². The van der Waals surface area contributed by atoms with Gasteiger partial charge in [-0.05, 0) is 22.3 Å². The summed E-state index contributed by atoms with van der Waals surface area (Å²) in [4.78, 5) is 12.9. The largest absolute Gasteiger partial charge is 0.339 e. The molecule has 2 N–H and O–H groups in total. The zero-order valence-corrected chi connectivity index (χ0v) is 14.7. The van der Waals surface area contributed by atoms with Gasteiger partial charge in [0, 0.05) is 23.7 Å². The van der Waals surface area contributed by atoms with Crippen molar-refractivity contribution in [2.75, 3.05) is 5.84 Å². The number of benzene rings is 3. The molecule has 0 bridgehead atoms. The van der Waals surface area contributed by atoms with Crippen LogP contribution in [0.1, 0.15) is 22.6 Å². The van der Waals surface area contributed by atoms with Crippen molar-refractivity contribution in [1.29, 1.82) is 0 Å². The third-order valence-corrected chi connectivity index (χ3v) is 5.33. The van der Waals surface area contributed by atoms with Crippen molar-refractivity contribution in [3.63, 3.8) is 0 Å². The lowest BCUT2D eigenvalue weighted by atomic mass is 9.82. The summed E-state index contributed by atoms with van der Waals surface area (Å²) >= 11 is 0. The fraction of sp³-hybridized carbons (Fsp3) is 0.0417. The first-order chi connectivity index (χ1) is 13.3. The molecule has 1 aliphatic rings. The van der Waals surface area contributed by atoms with E-state index in [-0.39, 0.29) is 11.3 Å². The summed E-state index contributed by atoms with van der Waals surface area (Å²) in [6, 6.07) is 28.4. The molecule has 0 saturated heterocycles. The number of hydrogen-bond acceptors (Lipinski definition) is 2. The first kappa shape index (κ1) is 15.6. The number of hydrogen-bond donors (Lipinski definition) is 1. The molecule has 5 rings (SSSR count). The van der Waals surface area contributed by atoms with Gasteiger partial charge >= 0.3 is 0 Å². The van der Waals surface area contributed by atoms with Crippen LogP contribution in [-0.2, 0) is 0 Å². The third kappa shape index (κ3) is 2.32. The number of nitrogens with zero attached hydrogens (tertiary/aromatic N) is 1. The van der Waals surface area contributed by atoms with Gasteiger partial charge in [0.15, 0.2) is 5.43 Å². The highest BCUT2D eigenvalue weighted by Gasteiger charge is 2.30. The van der Waals surface area contributed by atoms with Crippen LogP contribution in [0.3, 0.4) is 0 Å². The van der Waals surface area contributed by atoms with E-state index in [1.807, 2.05) is 36.4 Å². The SMILES string of the molecule is Nn1ccc(=O)c2c1-c1ccccc1C(c1ccccc1)c1ccccc1-2. The molecule has 1 atom stereocenters. The molecule has 0 radical (unpaired) electrons. The van der Waals surface area contributed by atoms with Gasteiger partial charge in [0.05, 0.1) is 11.3 Å². The lowest BCUT2D eigenvalue weighted by Gasteiger charge is -2.21. The second-order valence-electron chi connectivity index (χ2n) is 6.83. The Hall–Kier alpha value is -3.59. The predicted molar refractivity (Wildman–Crippen MR) is 109 cm³/mol. The lowest BCUT2D eigenvalue weighted by molar-refractivity contribution is 0.974. The number of rotatable bonds is 1. The van der Waals surface area contributed by atoms with Crippen LogP contribution in [-0.4, -0.2) is 4.68 Å². The molecule has 27 heavy (non-hydrogen) atoms. The zero-order chi connectivity index (χ0) is 18.4. The highest BCUT2D eigenvalue weighted by Crippen LogP contribution is 2.46. The Balaban J connectivity index is 1.99. The maximum atomic E-state index is 12.9. The molecule has 3 nitrogen and oxygen atoms in total. The summed E-state index contributed by atoms with van der Waals surface area (Å²) in [5.41, 5.74) is 6.84. The molecule has 1 heterocycles. The maximum absolute atomic E-state index is 12.9. The third-order valence-electron chi connectivity index (χ3n) is 5.33. The standard InChI is InChI=1S/C24H18N2O/c25-26-15-14-21(27)23-18-11-5-4-10-17(18)22(16-8-2-1-3-9-16)19-12-6-7-13-20(19)24(23)26/h1-15,22H,25H2. The highest BCUT2D eigenvalue weighted by atomic mass is 16.1. The quantitative estimate of drug-likeness (QED) is 0.456. The van der Waals surface area contributed by atoms with Crippen molar-refractivity contribution >= 4 is 0 Å². The average Bonchev–Trinajstić information content (AvgIpc) is 2.85. The summed E-state index contributed by atoms with van der Waals surface area (Å²) in [6.07, 6.45) is 1.64. The molecule has 1 aromatic heterocycles. The Morgan fingerprint density at radius 1 is 0.704 bits per heavy atom. The van der Waals surface area contributed by atoms with E-state index >= 15 is 0 Å². The van der Waals surface area contributed by atoms with E-state index in [1.54, 1.807) is 16.9 Å². The van der Waals surface area contributed by atoms with E-state index in [9.17, 15) is 4.79 Å². The smallest absolute Gasteiger partial charge is 0.190 e. The van der Waals surface area contributed by atoms with E-state index in [0.717, 1.165) is 27.9 Å². The minimum Gasteiger partial charge on any atom is -0.339 e. The summed E-state index contributed by atoms with van der Waals surface area (Å²) < 4.78 is 1.57. The Bertz CT molecular complexity index is 1210. The summed E-state index contributed by atoms with van der Waals surface area (Å²) in [6.45, 7) is 0. The van der Waals surface area contributed by atoms with Crippen molar-refractivity contribution < 1.29 is 0 Å². The van der Waals surface area contributed by atoms with Crippen LogP contribution in [0.5, 0.6) is 0 Å². The minimum absolute atomic E-state index is 0.0114. The van der Waals surface area contributed by atoms with Crippen molar-refractivity contribution in [2.24, 2.45) is 0 Å². The molecule has 130 valence electrons. The van der Waals surface area contributed by atoms with Gasteiger partial charge in [-0.15, -0.1) is 0 Å². The van der Waals surface area contributed by atoms with Crippen LogP contribution >= 0.6 is 0 Å². The molecule has 4 aromatic rings. The van der Waals surface area contributed by atoms with Gasteiger partial charge in [-0.1, -0.05) is 78.9 Å². The predicted octanol–water partition coefficient (Wildman–Crippen LogP) is 4.39. The molecular formula is C24H18N2O. The molecule has 0 spiro atoms. The van der Waals surface area contributed by atoms with E-state index in [0.29, 0.717) is 5.56 Å². The Labute approximate surface area is 157 Å². The van der Waals surface area contributed by atoms with Crippen molar-refractivity contribution in [3.8, 4) is 22.4 Å². The van der Waals surface area contributed by atoms with Gasteiger partial charge < -0.3 is 5.84 Å². The Morgan fingerprint density at radius 2 is 1.30 bits per heavy atom. The number of aromatic nitrogens is 1. The summed E-state index contributed by atoms with van der Waals surface area (Å²) in [5, 5.41) is 0. The van der Waals surface area contributed by atoms with Gasteiger partial charge in [-0.25, -0.2) is 0 Å². The second kappa shape index (κ2) is 5.99. The fourth-order valence-corrected chi connectivity index (χ4v) is 4.20. The molecule has 1 unspecified atom stereocenters. The van der Waals surface area contributed by atoms with E-state index in [1.165, 1.54) is 5.56 Å². The molecule has 0 fully saturated rings. The molecular weight excluding hydrogens is 332 g/mol. The van der Waals surface area contributed by atoms with Crippen LogP contribution in [0.4, 0.5) is 0 Å². The number of pyridine rings is 1. The molecule has 3 aromatic carbocycles. The molecule has 0 amide bonds. The molecule has 0 aliphatic heterocycles. The van der Waals surface area contributed by atoms with Gasteiger partial charge in [0.1, 0.15) is 0 Å². The molecule has 0 saturated carbocycles. The lowest BCUT2D eigenvalue weighted by Crippen LogP contribution is -2.18. The zero-order valence-electron chi connectivity index (χ0n) is 14.7. The Morgan fingerprint density at radius 3 is 2.04 bits per heavy atom. The summed E-state index contributed by atoms with van der Waals surface area (Å²) in [7, 11) is 0. The number of fused-ring (bicyclic) bond motifs is 5. The molecule has 3 heteroatoms. The number of nitrogens with two attached hydrogens (primary N) is 1. The van der Waals surface area contributed by atoms with Gasteiger partial charge in [-0.3, -0.25) is 9.47 Å². The van der Waals surface area contributed by atoms with Crippen LogP contribution in [0.15, 0.2) is 95.9 Å². The van der Waals surface area contributed by atoms with Gasteiger partial charge in [0.2, 0.25) is 0 Å². The van der Waals surface area contributed by atoms with Gasteiger partial charge in [0.25, 0.3) is 0 Å². The highest BCUT2D eigenvalue weighted by molar-refractivity contribution is 5.88. The van der Waals surface area contributed by atoms with Crippen LogP contribution < -0.4 is 11.3 Å². The average molecular weight is 350 g/mol. The Kier molecular flexibility index (Phi) is 3.47. The normalized spacial score (nSPS) is 14.6. The first-order valence-corrected chi connectivity index (χ1v) is 9.00. The second-order valence-corrected chi connectivity index (χ2v) is 6.83. The van der Waals surface area contributed by atoms with Crippen LogP contribution in [0.25, 0.3) is 22.4 Å². The van der Waals surface area contributed by atoms with E-state index in [4.69, 9.17) is 5.84 Å².